The van der Waals surface area contributed by atoms with E-state index in [2.05, 4.69) is 24.9 Å². The third-order valence-corrected chi connectivity index (χ3v) is 3.68. The predicted octanol–water partition coefficient (Wildman–Crippen LogP) is -0.0877. The van der Waals surface area contributed by atoms with Crippen LogP contribution in [0, 0.1) is 13.8 Å². The summed E-state index contributed by atoms with van der Waals surface area (Å²) >= 11 is 0. The molecule has 9 heteroatoms. The van der Waals surface area contributed by atoms with Crippen LogP contribution in [0.4, 0.5) is 0 Å². The minimum atomic E-state index is -0.447. The number of carbonyl (C=O) groups is 1. The van der Waals surface area contributed by atoms with Crippen molar-refractivity contribution in [1.29, 1.82) is 0 Å². The van der Waals surface area contributed by atoms with Crippen LogP contribution in [-0.4, -0.2) is 50.8 Å². The van der Waals surface area contributed by atoms with Crippen LogP contribution < -0.4 is 5.56 Å². The molecule has 0 unspecified atom stereocenters. The second-order valence-electron chi connectivity index (χ2n) is 5.44. The molecule has 23 heavy (non-hydrogen) atoms. The molecule has 0 bridgehead atoms. The van der Waals surface area contributed by atoms with E-state index in [1.807, 2.05) is 0 Å². The summed E-state index contributed by atoms with van der Waals surface area (Å²) in [5, 5.41) is 7.39. The van der Waals surface area contributed by atoms with E-state index in [-0.39, 0.29) is 17.9 Å². The van der Waals surface area contributed by atoms with Crippen molar-refractivity contribution in [2.24, 2.45) is 0 Å². The van der Waals surface area contributed by atoms with Crippen molar-refractivity contribution in [3.63, 3.8) is 0 Å². The molecule has 1 amide bonds. The lowest BCUT2D eigenvalue weighted by atomic mass is 10.2. The molecule has 3 rings (SSSR count). The van der Waals surface area contributed by atoms with Crippen molar-refractivity contribution in [2.75, 3.05) is 19.7 Å². The maximum Gasteiger partial charge on any atom is 0.251 e. The number of aromatic amines is 1. The molecule has 9 nitrogen and oxygen atoms in total. The standard InChI is InChI=1S/C14H17N5O4/c1-8-5-12(20)16-14(15-8)11-7-19(3-4-22-11)13(21)6-10-9(2)17-23-18-10/h5,11H,3-4,6-7H2,1-2H3,(H,15,16,20)/t11-/m1/s1. The van der Waals surface area contributed by atoms with E-state index in [0.717, 1.165) is 0 Å². The number of hydrogen-bond acceptors (Lipinski definition) is 7. The van der Waals surface area contributed by atoms with Crippen molar-refractivity contribution in [2.45, 2.75) is 26.4 Å². The Kier molecular flexibility index (Phi) is 4.20. The summed E-state index contributed by atoms with van der Waals surface area (Å²) in [6, 6.07) is 1.41. The Balaban J connectivity index is 1.71. The lowest BCUT2D eigenvalue weighted by molar-refractivity contribution is -0.138. The van der Waals surface area contributed by atoms with Gasteiger partial charge in [-0.15, -0.1) is 0 Å². The number of aryl methyl sites for hydroxylation is 2. The van der Waals surface area contributed by atoms with Gasteiger partial charge in [-0.1, -0.05) is 10.3 Å². The molecule has 1 atom stereocenters. The molecule has 1 fully saturated rings. The molecule has 3 heterocycles. The van der Waals surface area contributed by atoms with Crippen LogP contribution in [0.5, 0.6) is 0 Å². The number of ether oxygens (including phenoxy) is 1. The molecule has 0 aliphatic carbocycles. The number of nitrogens with zero attached hydrogens (tertiary/aromatic N) is 4. The maximum atomic E-state index is 12.4. The first-order chi connectivity index (χ1) is 11.0. The van der Waals surface area contributed by atoms with Gasteiger partial charge in [-0.25, -0.2) is 9.61 Å². The van der Waals surface area contributed by atoms with Crippen LogP contribution >= 0.6 is 0 Å². The average Bonchev–Trinajstić information content (AvgIpc) is 2.91. The Hall–Kier alpha value is -2.55. The van der Waals surface area contributed by atoms with Gasteiger partial charge in [0, 0.05) is 18.3 Å². The third-order valence-electron chi connectivity index (χ3n) is 3.68. The lowest BCUT2D eigenvalue weighted by Crippen LogP contribution is -2.43. The van der Waals surface area contributed by atoms with Crippen LogP contribution in [0.15, 0.2) is 15.5 Å². The van der Waals surface area contributed by atoms with Gasteiger partial charge in [0.1, 0.15) is 23.3 Å². The quantitative estimate of drug-likeness (QED) is 0.841. The molecule has 1 aliphatic heterocycles. The number of H-pyrrole nitrogens is 1. The zero-order chi connectivity index (χ0) is 16.4. The van der Waals surface area contributed by atoms with E-state index in [1.165, 1.54) is 6.07 Å². The topological polar surface area (TPSA) is 114 Å². The number of aromatic nitrogens is 4. The summed E-state index contributed by atoms with van der Waals surface area (Å²) in [4.78, 5) is 32.6. The fraction of sp³-hybridized carbons (Fsp3) is 0.500. The van der Waals surface area contributed by atoms with Crippen molar-refractivity contribution in [1.82, 2.24) is 25.2 Å². The van der Waals surface area contributed by atoms with E-state index >= 15 is 0 Å². The fourth-order valence-corrected chi connectivity index (χ4v) is 2.46. The SMILES string of the molecule is Cc1cc(=O)[nH]c([C@H]2CN(C(=O)Cc3nonc3C)CCO2)n1. The monoisotopic (exact) mass is 319 g/mol. The van der Waals surface area contributed by atoms with E-state index in [0.29, 0.717) is 42.6 Å². The number of carbonyl (C=O) groups excluding carboxylic acids is 1. The van der Waals surface area contributed by atoms with Gasteiger partial charge in [-0.2, -0.15) is 0 Å². The van der Waals surface area contributed by atoms with Gasteiger partial charge in [-0.05, 0) is 13.8 Å². The smallest absolute Gasteiger partial charge is 0.251 e. The van der Waals surface area contributed by atoms with Gasteiger partial charge < -0.3 is 14.6 Å². The van der Waals surface area contributed by atoms with E-state index < -0.39 is 6.10 Å². The molecule has 0 saturated carbocycles. The fourth-order valence-electron chi connectivity index (χ4n) is 2.46. The van der Waals surface area contributed by atoms with Gasteiger partial charge in [0.25, 0.3) is 5.56 Å². The second kappa shape index (κ2) is 6.29. The average molecular weight is 319 g/mol. The number of amides is 1. The maximum absolute atomic E-state index is 12.4. The van der Waals surface area contributed by atoms with Gasteiger partial charge in [0.2, 0.25) is 5.91 Å². The van der Waals surface area contributed by atoms with Crippen LogP contribution in [0.25, 0.3) is 0 Å². The first kappa shape index (κ1) is 15.3. The molecule has 0 radical (unpaired) electrons. The minimum absolute atomic E-state index is 0.0906. The normalized spacial score (nSPS) is 18.2. The number of nitrogens with one attached hydrogen (secondary N) is 1. The highest BCUT2D eigenvalue weighted by Crippen LogP contribution is 2.19. The molecule has 1 aliphatic rings. The van der Waals surface area contributed by atoms with E-state index in [4.69, 9.17) is 4.74 Å². The number of hydrogen-bond donors (Lipinski definition) is 1. The van der Waals surface area contributed by atoms with Gasteiger partial charge in [0.05, 0.1) is 19.6 Å². The largest absolute Gasteiger partial charge is 0.367 e. The summed E-state index contributed by atoms with van der Waals surface area (Å²) in [6.45, 7) is 4.67. The number of rotatable bonds is 3. The summed E-state index contributed by atoms with van der Waals surface area (Å²) in [5.41, 5.74) is 1.51. The third kappa shape index (κ3) is 3.45. The summed E-state index contributed by atoms with van der Waals surface area (Å²) in [5.74, 6) is 0.346. The predicted molar refractivity (Wildman–Crippen MR) is 77.6 cm³/mol. The van der Waals surface area contributed by atoms with Crippen LogP contribution in [0.3, 0.4) is 0 Å². The Labute approximate surface area is 131 Å². The van der Waals surface area contributed by atoms with Crippen molar-refractivity contribution in [3.05, 3.63) is 39.3 Å². The lowest BCUT2D eigenvalue weighted by Gasteiger charge is -2.32. The van der Waals surface area contributed by atoms with Gasteiger partial charge in [0.15, 0.2) is 0 Å². The van der Waals surface area contributed by atoms with Gasteiger partial charge in [-0.3, -0.25) is 9.59 Å². The zero-order valence-electron chi connectivity index (χ0n) is 12.9. The Morgan fingerprint density at radius 3 is 2.96 bits per heavy atom. The molecule has 1 saturated heterocycles. The molecule has 2 aromatic heterocycles. The molecular formula is C14H17N5O4. The molecule has 0 aromatic carbocycles. The van der Waals surface area contributed by atoms with Crippen LogP contribution in [0.2, 0.25) is 0 Å². The van der Waals surface area contributed by atoms with Gasteiger partial charge >= 0.3 is 0 Å². The first-order valence-corrected chi connectivity index (χ1v) is 7.28. The highest BCUT2D eigenvalue weighted by Gasteiger charge is 2.28. The van der Waals surface area contributed by atoms with E-state index in [1.54, 1.807) is 18.7 Å². The molecule has 0 spiro atoms. The second-order valence-corrected chi connectivity index (χ2v) is 5.44. The molecular weight excluding hydrogens is 302 g/mol. The summed E-state index contributed by atoms with van der Waals surface area (Å²) in [7, 11) is 0. The molecule has 2 aromatic rings. The molecule has 1 N–H and O–H groups in total. The minimum Gasteiger partial charge on any atom is -0.367 e. The summed E-state index contributed by atoms with van der Waals surface area (Å²) < 4.78 is 10.2. The summed E-state index contributed by atoms with van der Waals surface area (Å²) in [6.07, 6.45) is -0.323. The Morgan fingerprint density at radius 2 is 2.26 bits per heavy atom. The van der Waals surface area contributed by atoms with Crippen LogP contribution in [-0.2, 0) is 16.0 Å². The van der Waals surface area contributed by atoms with E-state index in [9.17, 15) is 9.59 Å². The highest BCUT2D eigenvalue weighted by atomic mass is 16.6. The zero-order valence-corrected chi connectivity index (χ0v) is 12.9. The van der Waals surface area contributed by atoms with Crippen LogP contribution in [0.1, 0.15) is 29.0 Å². The van der Waals surface area contributed by atoms with Crippen molar-refractivity contribution >= 4 is 5.91 Å². The Morgan fingerprint density at radius 1 is 1.43 bits per heavy atom. The van der Waals surface area contributed by atoms with Crippen molar-refractivity contribution in [3.8, 4) is 0 Å². The highest BCUT2D eigenvalue weighted by molar-refractivity contribution is 5.78. The van der Waals surface area contributed by atoms with Crippen molar-refractivity contribution < 1.29 is 14.2 Å². The Bertz CT molecular complexity index is 769. The number of morpholine rings is 1. The molecule has 122 valence electrons. The first-order valence-electron chi connectivity index (χ1n) is 7.28.